The molecule has 1 spiro atoms. The Morgan fingerprint density at radius 2 is 2.21 bits per heavy atom. The highest BCUT2D eigenvalue weighted by Crippen LogP contribution is 2.38. The van der Waals surface area contributed by atoms with Crippen molar-refractivity contribution >= 4 is 32.4 Å². The van der Waals surface area contributed by atoms with Crippen molar-refractivity contribution < 1.29 is 13.2 Å². The van der Waals surface area contributed by atoms with Crippen LogP contribution in [0.3, 0.4) is 0 Å². The van der Waals surface area contributed by atoms with Crippen molar-refractivity contribution in [1.29, 1.82) is 0 Å². The zero-order chi connectivity index (χ0) is 10.2. The Bertz CT molecular complexity index is 314. The van der Waals surface area contributed by atoms with E-state index >= 15 is 0 Å². The summed E-state index contributed by atoms with van der Waals surface area (Å²) in [5, 5.41) is 0. The van der Waals surface area contributed by atoms with Crippen molar-refractivity contribution in [3.63, 3.8) is 0 Å². The quantitative estimate of drug-likeness (QED) is 0.541. The molecule has 0 radical (unpaired) electrons. The van der Waals surface area contributed by atoms with E-state index in [2.05, 4.69) is 22.6 Å². The Hall–Kier alpha value is 0.640. The molecule has 14 heavy (non-hydrogen) atoms. The second-order valence-corrected chi connectivity index (χ2v) is 7.38. The third-order valence-electron chi connectivity index (χ3n) is 3.10. The van der Waals surface area contributed by atoms with Gasteiger partial charge in [-0.2, -0.15) is 0 Å². The Balaban J connectivity index is 2.10. The van der Waals surface area contributed by atoms with Crippen molar-refractivity contribution in [3.05, 3.63) is 0 Å². The van der Waals surface area contributed by atoms with Crippen molar-refractivity contribution in [2.45, 2.75) is 37.4 Å². The lowest BCUT2D eigenvalue weighted by Gasteiger charge is -2.37. The minimum absolute atomic E-state index is 0.257. The largest absolute Gasteiger partial charge is 0.370 e. The van der Waals surface area contributed by atoms with E-state index in [1.165, 1.54) is 0 Å². The number of alkyl halides is 1. The van der Waals surface area contributed by atoms with Gasteiger partial charge in [-0.05, 0) is 25.7 Å². The van der Waals surface area contributed by atoms with E-state index in [0.717, 1.165) is 23.7 Å². The van der Waals surface area contributed by atoms with Gasteiger partial charge >= 0.3 is 0 Å². The van der Waals surface area contributed by atoms with Gasteiger partial charge in [0.1, 0.15) is 0 Å². The lowest BCUT2D eigenvalue weighted by atomic mass is 9.91. The van der Waals surface area contributed by atoms with Gasteiger partial charge in [-0.15, -0.1) is 0 Å². The van der Waals surface area contributed by atoms with Crippen LogP contribution >= 0.6 is 22.6 Å². The Kier molecular flexibility index (Phi) is 3.10. The van der Waals surface area contributed by atoms with Crippen LogP contribution in [0.5, 0.6) is 0 Å². The van der Waals surface area contributed by atoms with E-state index in [-0.39, 0.29) is 17.5 Å². The van der Waals surface area contributed by atoms with Crippen LogP contribution in [0.1, 0.15) is 25.7 Å². The molecule has 2 aliphatic rings. The fraction of sp³-hybridized carbons (Fsp3) is 1.00. The molecule has 0 aromatic heterocycles. The molecule has 0 saturated carbocycles. The van der Waals surface area contributed by atoms with Crippen LogP contribution in [0.25, 0.3) is 0 Å². The molecule has 2 heterocycles. The van der Waals surface area contributed by atoms with Gasteiger partial charge in [-0.1, -0.05) is 22.6 Å². The summed E-state index contributed by atoms with van der Waals surface area (Å²) in [6.07, 6.45) is 4.12. The zero-order valence-corrected chi connectivity index (χ0v) is 11.0. The second kappa shape index (κ2) is 3.90. The first kappa shape index (κ1) is 11.1. The van der Waals surface area contributed by atoms with E-state index in [1.54, 1.807) is 0 Å². The zero-order valence-electron chi connectivity index (χ0n) is 8.04. The summed E-state index contributed by atoms with van der Waals surface area (Å²) in [6.45, 7) is 0. The highest BCUT2D eigenvalue weighted by molar-refractivity contribution is 14.1. The predicted molar refractivity (Wildman–Crippen MR) is 63.6 cm³/mol. The molecule has 2 rings (SSSR count). The number of halogens is 1. The number of rotatable bonds is 1. The first-order valence-corrected chi connectivity index (χ1v) is 8.34. The van der Waals surface area contributed by atoms with E-state index in [1.807, 2.05) is 0 Å². The molecule has 2 atom stereocenters. The molecule has 0 N–H and O–H groups in total. The Morgan fingerprint density at radius 3 is 2.79 bits per heavy atom. The van der Waals surface area contributed by atoms with Gasteiger partial charge in [-0.3, -0.25) is 0 Å². The van der Waals surface area contributed by atoms with Crippen LogP contribution in [-0.2, 0) is 14.6 Å². The molecule has 82 valence electrons. The molecule has 0 aromatic carbocycles. The minimum atomic E-state index is -2.81. The van der Waals surface area contributed by atoms with Gasteiger partial charge in [0.15, 0.2) is 9.84 Å². The molecule has 2 fully saturated rings. The lowest BCUT2D eigenvalue weighted by molar-refractivity contribution is -0.101. The maximum atomic E-state index is 11.4. The summed E-state index contributed by atoms with van der Waals surface area (Å²) in [7, 11) is -2.81. The summed E-state index contributed by atoms with van der Waals surface area (Å²) in [6, 6.07) is 0. The average Bonchev–Trinajstić information content (AvgIpc) is 2.42. The van der Waals surface area contributed by atoms with Gasteiger partial charge in [0.2, 0.25) is 0 Å². The van der Waals surface area contributed by atoms with Crippen LogP contribution in [-0.4, -0.2) is 36.1 Å². The van der Waals surface area contributed by atoms with Crippen LogP contribution in [0.15, 0.2) is 0 Å². The molecular weight excluding hydrogens is 315 g/mol. The molecule has 0 aliphatic carbocycles. The fourth-order valence-corrected chi connectivity index (χ4v) is 5.01. The van der Waals surface area contributed by atoms with E-state index in [9.17, 15) is 8.42 Å². The van der Waals surface area contributed by atoms with Crippen molar-refractivity contribution in [2.24, 2.45) is 0 Å². The third-order valence-corrected chi connectivity index (χ3v) is 5.87. The van der Waals surface area contributed by atoms with E-state index in [4.69, 9.17) is 4.74 Å². The number of hydrogen-bond acceptors (Lipinski definition) is 3. The van der Waals surface area contributed by atoms with Gasteiger partial charge in [0.25, 0.3) is 0 Å². The maximum absolute atomic E-state index is 11.4. The topological polar surface area (TPSA) is 43.4 Å². The van der Waals surface area contributed by atoms with Crippen LogP contribution in [0.4, 0.5) is 0 Å². The van der Waals surface area contributed by atoms with Gasteiger partial charge in [0.05, 0.1) is 23.2 Å². The normalized spacial score (nSPS) is 41.6. The summed E-state index contributed by atoms with van der Waals surface area (Å²) >= 11 is 2.31. The van der Waals surface area contributed by atoms with Crippen LogP contribution < -0.4 is 0 Å². The predicted octanol–water partition coefficient (Wildman–Crippen LogP) is 1.55. The van der Waals surface area contributed by atoms with E-state index < -0.39 is 9.84 Å². The van der Waals surface area contributed by atoms with Crippen LogP contribution in [0, 0.1) is 0 Å². The smallest absolute Gasteiger partial charge is 0.153 e. The highest BCUT2D eigenvalue weighted by Gasteiger charge is 2.45. The van der Waals surface area contributed by atoms with Crippen molar-refractivity contribution in [1.82, 2.24) is 0 Å². The minimum Gasteiger partial charge on any atom is -0.370 e. The monoisotopic (exact) mass is 330 g/mol. The van der Waals surface area contributed by atoms with E-state index in [0.29, 0.717) is 12.2 Å². The highest BCUT2D eigenvalue weighted by atomic mass is 127. The molecular formula is C9H15IO3S. The Morgan fingerprint density at radius 1 is 1.43 bits per heavy atom. The number of ether oxygens (including phenoxy) is 1. The third kappa shape index (κ3) is 2.24. The molecule has 2 unspecified atom stereocenters. The molecule has 0 bridgehead atoms. The molecule has 2 saturated heterocycles. The van der Waals surface area contributed by atoms with Crippen LogP contribution in [0.2, 0.25) is 0 Å². The first-order chi connectivity index (χ1) is 6.55. The summed E-state index contributed by atoms with van der Waals surface area (Å²) in [5.74, 6) is 0.577. The van der Waals surface area contributed by atoms with Gasteiger partial charge < -0.3 is 4.74 Å². The van der Waals surface area contributed by atoms with Gasteiger partial charge in [0, 0.05) is 4.43 Å². The standard InChI is InChI=1S/C9H15IO3S/c10-6-8-2-1-3-9(13-8)4-5-14(11,12)7-9/h8H,1-7H2. The summed E-state index contributed by atoms with van der Waals surface area (Å²) in [5.41, 5.74) is -0.313. The average molecular weight is 330 g/mol. The summed E-state index contributed by atoms with van der Waals surface area (Å²) in [4.78, 5) is 0. The number of hydrogen-bond donors (Lipinski definition) is 0. The van der Waals surface area contributed by atoms with Crippen molar-refractivity contribution in [3.8, 4) is 0 Å². The van der Waals surface area contributed by atoms with Crippen molar-refractivity contribution in [2.75, 3.05) is 15.9 Å². The number of sulfone groups is 1. The first-order valence-electron chi connectivity index (χ1n) is 4.99. The molecule has 2 aliphatic heterocycles. The lowest BCUT2D eigenvalue weighted by Crippen LogP contribution is -2.42. The summed E-state index contributed by atoms with van der Waals surface area (Å²) < 4.78 is 29.7. The Labute approximate surface area is 98.6 Å². The molecule has 5 heteroatoms. The van der Waals surface area contributed by atoms with Gasteiger partial charge in [-0.25, -0.2) is 8.42 Å². The SMILES string of the molecule is O=S1(=O)CCC2(CCCC(CI)O2)C1. The molecule has 0 aromatic rings. The second-order valence-electron chi connectivity index (χ2n) is 4.31. The molecule has 0 amide bonds. The maximum Gasteiger partial charge on any atom is 0.153 e. The fourth-order valence-electron chi connectivity index (χ4n) is 2.41. The molecule has 3 nitrogen and oxygen atoms in total.